The fraction of sp³-hybridized carbons (Fsp3) is 0.150. The van der Waals surface area contributed by atoms with Crippen LogP contribution in [0.1, 0.15) is 10.5 Å². The number of para-hydroxylation sites is 1. The minimum atomic E-state index is -0.595. The van der Waals surface area contributed by atoms with Crippen LogP contribution in [0.25, 0.3) is 5.69 Å². The molecule has 3 rings (SSSR count). The van der Waals surface area contributed by atoms with E-state index in [-0.39, 0.29) is 18.2 Å². The molecule has 2 amide bonds. The minimum absolute atomic E-state index is 0.156. The zero-order chi connectivity index (χ0) is 19.8. The Labute approximate surface area is 162 Å². The normalized spacial score (nSPS) is 10.3. The number of aromatic nitrogens is 2. The van der Waals surface area contributed by atoms with E-state index in [2.05, 4.69) is 15.7 Å². The van der Waals surface area contributed by atoms with Gasteiger partial charge in [0.2, 0.25) is 0 Å². The number of carbonyl (C=O) groups is 2. The smallest absolute Gasteiger partial charge is 0.411 e. The second kappa shape index (κ2) is 9.33. The van der Waals surface area contributed by atoms with Gasteiger partial charge in [-0.2, -0.15) is 5.10 Å². The summed E-state index contributed by atoms with van der Waals surface area (Å²) in [6.45, 7) is 0.474. The van der Waals surface area contributed by atoms with E-state index < -0.39 is 6.09 Å². The van der Waals surface area contributed by atoms with Crippen molar-refractivity contribution >= 4 is 23.4 Å². The van der Waals surface area contributed by atoms with Crippen molar-refractivity contribution in [3.8, 4) is 5.69 Å². The molecule has 8 nitrogen and oxygen atoms in total. The van der Waals surface area contributed by atoms with Crippen LogP contribution in [0.15, 0.2) is 66.9 Å². The molecule has 0 spiro atoms. The number of nitrogens with zero attached hydrogens (tertiary/aromatic N) is 2. The summed E-state index contributed by atoms with van der Waals surface area (Å²) >= 11 is 0. The largest absolute Gasteiger partial charge is 0.447 e. The van der Waals surface area contributed by atoms with Gasteiger partial charge in [0.25, 0.3) is 5.91 Å². The summed E-state index contributed by atoms with van der Waals surface area (Å²) in [5.41, 5.74) is 2.16. The topological polar surface area (TPSA) is 94.5 Å². The molecule has 0 saturated carbocycles. The Balaban J connectivity index is 1.61. The molecule has 0 aliphatic rings. The maximum atomic E-state index is 12.5. The third-order valence-electron chi connectivity index (χ3n) is 3.73. The fourth-order valence-electron chi connectivity index (χ4n) is 2.41. The number of anilines is 2. The molecule has 3 aromatic rings. The first-order valence-corrected chi connectivity index (χ1v) is 8.61. The van der Waals surface area contributed by atoms with Crippen LogP contribution in [0.2, 0.25) is 0 Å². The zero-order valence-corrected chi connectivity index (χ0v) is 15.3. The Bertz CT molecular complexity index is 940. The molecule has 0 aliphatic carbocycles. The van der Waals surface area contributed by atoms with Crippen molar-refractivity contribution in [1.29, 1.82) is 0 Å². The minimum Gasteiger partial charge on any atom is -0.447 e. The highest BCUT2D eigenvalue weighted by molar-refractivity contribution is 6.03. The van der Waals surface area contributed by atoms with Crippen molar-refractivity contribution in [3.63, 3.8) is 0 Å². The van der Waals surface area contributed by atoms with E-state index in [0.717, 1.165) is 5.69 Å². The summed E-state index contributed by atoms with van der Waals surface area (Å²) in [5.74, 6) is -0.352. The predicted molar refractivity (Wildman–Crippen MR) is 105 cm³/mol. The SMILES string of the molecule is COCCOC(=O)Nc1cccc(NC(=O)c2ccn(-c3ccccc3)n2)c1. The number of nitrogens with one attached hydrogen (secondary N) is 2. The van der Waals surface area contributed by atoms with E-state index in [4.69, 9.17) is 9.47 Å². The lowest BCUT2D eigenvalue weighted by Gasteiger charge is -2.09. The molecule has 0 aliphatic heterocycles. The summed E-state index contributed by atoms with van der Waals surface area (Å²) in [6, 6.07) is 17.9. The summed E-state index contributed by atoms with van der Waals surface area (Å²) in [5, 5.41) is 9.65. The Morgan fingerprint density at radius 1 is 0.964 bits per heavy atom. The lowest BCUT2D eigenvalue weighted by atomic mass is 10.2. The third-order valence-corrected chi connectivity index (χ3v) is 3.73. The number of carbonyl (C=O) groups excluding carboxylic acids is 2. The number of benzene rings is 2. The number of methoxy groups -OCH3 is 1. The molecule has 144 valence electrons. The van der Waals surface area contributed by atoms with E-state index in [1.54, 1.807) is 41.2 Å². The highest BCUT2D eigenvalue weighted by Gasteiger charge is 2.11. The van der Waals surface area contributed by atoms with Gasteiger partial charge in [-0.15, -0.1) is 0 Å². The summed E-state index contributed by atoms with van der Waals surface area (Å²) < 4.78 is 11.4. The highest BCUT2D eigenvalue weighted by atomic mass is 16.6. The first-order chi connectivity index (χ1) is 13.7. The van der Waals surface area contributed by atoms with Crippen LogP contribution in [-0.2, 0) is 9.47 Å². The van der Waals surface area contributed by atoms with Gasteiger partial charge in [-0.25, -0.2) is 9.48 Å². The quantitative estimate of drug-likeness (QED) is 0.613. The van der Waals surface area contributed by atoms with E-state index in [1.165, 1.54) is 7.11 Å². The average Bonchev–Trinajstić information content (AvgIpc) is 3.20. The molecule has 0 saturated heterocycles. The van der Waals surface area contributed by atoms with Crippen LogP contribution in [0, 0.1) is 0 Å². The van der Waals surface area contributed by atoms with Gasteiger partial charge in [-0.3, -0.25) is 10.1 Å². The van der Waals surface area contributed by atoms with Crippen molar-refractivity contribution in [3.05, 3.63) is 72.6 Å². The average molecular weight is 380 g/mol. The van der Waals surface area contributed by atoms with Gasteiger partial charge in [0.15, 0.2) is 5.69 Å². The molecule has 0 unspecified atom stereocenters. The second-order valence-electron chi connectivity index (χ2n) is 5.77. The third kappa shape index (κ3) is 5.18. The molecule has 1 heterocycles. The van der Waals surface area contributed by atoms with E-state index in [0.29, 0.717) is 18.0 Å². The second-order valence-corrected chi connectivity index (χ2v) is 5.77. The van der Waals surface area contributed by atoms with Gasteiger partial charge in [0, 0.05) is 24.7 Å². The standard InChI is InChI=1S/C20H20N4O4/c1-27-12-13-28-20(26)22-16-7-5-6-15(14-16)21-19(25)18-10-11-24(23-18)17-8-3-2-4-9-17/h2-11,14H,12-13H2,1H3,(H,21,25)(H,22,26). The van der Waals surface area contributed by atoms with Crippen LogP contribution >= 0.6 is 0 Å². The van der Waals surface area contributed by atoms with Gasteiger partial charge in [-0.05, 0) is 36.4 Å². The number of ether oxygens (including phenoxy) is 2. The molecule has 0 radical (unpaired) electrons. The number of amides is 2. The number of hydrogen-bond donors (Lipinski definition) is 2. The Morgan fingerprint density at radius 3 is 2.46 bits per heavy atom. The van der Waals surface area contributed by atoms with Gasteiger partial charge in [0.1, 0.15) is 6.61 Å². The molecule has 0 atom stereocenters. The van der Waals surface area contributed by atoms with Crippen molar-refractivity contribution in [2.45, 2.75) is 0 Å². The number of hydrogen-bond acceptors (Lipinski definition) is 5. The Hall–Kier alpha value is -3.65. The molecule has 2 N–H and O–H groups in total. The van der Waals surface area contributed by atoms with Crippen LogP contribution in [0.5, 0.6) is 0 Å². The zero-order valence-electron chi connectivity index (χ0n) is 15.3. The van der Waals surface area contributed by atoms with Crippen molar-refractivity contribution in [1.82, 2.24) is 9.78 Å². The van der Waals surface area contributed by atoms with Gasteiger partial charge in [-0.1, -0.05) is 24.3 Å². The maximum Gasteiger partial charge on any atom is 0.411 e. The fourth-order valence-corrected chi connectivity index (χ4v) is 2.41. The molecular formula is C20H20N4O4. The van der Waals surface area contributed by atoms with Crippen molar-refractivity contribution in [2.75, 3.05) is 31.0 Å². The van der Waals surface area contributed by atoms with Crippen LogP contribution in [-0.4, -0.2) is 42.1 Å². The molecule has 0 fully saturated rings. The molecule has 8 heteroatoms. The number of rotatable bonds is 7. The predicted octanol–water partition coefficient (Wildman–Crippen LogP) is 3.32. The van der Waals surface area contributed by atoms with Crippen molar-refractivity contribution < 1.29 is 19.1 Å². The summed E-state index contributed by atoms with van der Waals surface area (Å²) in [6.07, 6.45) is 1.13. The van der Waals surface area contributed by atoms with E-state index in [1.807, 2.05) is 30.3 Å². The first kappa shape index (κ1) is 19.1. The lowest BCUT2D eigenvalue weighted by molar-refractivity contribution is 0.102. The van der Waals surface area contributed by atoms with Crippen LogP contribution < -0.4 is 10.6 Å². The molecule has 2 aromatic carbocycles. The van der Waals surface area contributed by atoms with E-state index >= 15 is 0 Å². The van der Waals surface area contributed by atoms with Gasteiger partial charge in [0.05, 0.1) is 12.3 Å². The maximum absolute atomic E-state index is 12.5. The van der Waals surface area contributed by atoms with E-state index in [9.17, 15) is 9.59 Å². The first-order valence-electron chi connectivity index (χ1n) is 8.61. The summed E-state index contributed by atoms with van der Waals surface area (Å²) in [7, 11) is 1.52. The highest BCUT2D eigenvalue weighted by Crippen LogP contribution is 2.16. The Kier molecular flexibility index (Phi) is 6.37. The van der Waals surface area contributed by atoms with Crippen LogP contribution in [0.4, 0.5) is 16.2 Å². The monoisotopic (exact) mass is 380 g/mol. The van der Waals surface area contributed by atoms with Crippen molar-refractivity contribution in [2.24, 2.45) is 0 Å². The molecular weight excluding hydrogens is 360 g/mol. The molecule has 0 bridgehead atoms. The lowest BCUT2D eigenvalue weighted by Crippen LogP contribution is -2.17. The van der Waals surface area contributed by atoms with Crippen LogP contribution in [0.3, 0.4) is 0 Å². The van der Waals surface area contributed by atoms with Gasteiger partial charge >= 0.3 is 6.09 Å². The molecule has 28 heavy (non-hydrogen) atoms. The Morgan fingerprint density at radius 2 is 1.71 bits per heavy atom. The van der Waals surface area contributed by atoms with Gasteiger partial charge < -0.3 is 14.8 Å². The summed E-state index contributed by atoms with van der Waals surface area (Å²) in [4.78, 5) is 24.1. The molecule has 1 aromatic heterocycles.